The van der Waals surface area contributed by atoms with Crippen molar-refractivity contribution in [2.24, 2.45) is 0 Å². The van der Waals surface area contributed by atoms with Crippen LogP contribution in [0.15, 0.2) is 0 Å². The number of terminal acetylenes is 1. The van der Waals surface area contributed by atoms with Gasteiger partial charge in [0.2, 0.25) is 0 Å². The van der Waals surface area contributed by atoms with Crippen molar-refractivity contribution in [3.63, 3.8) is 0 Å². The average Bonchev–Trinajstić information content (AvgIpc) is 2.49. The quantitative estimate of drug-likeness (QED) is 0.612. The molecule has 2 nitrogen and oxygen atoms in total. The van der Waals surface area contributed by atoms with E-state index in [1.807, 2.05) is 6.92 Å². The Labute approximate surface area is 74.4 Å². The molecule has 1 saturated carbocycles. The first-order chi connectivity index (χ1) is 5.66. The highest BCUT2D eigenvalue weighted by Crippen LogP contribution is 2.28. The Balaban J connectivity index is 2.26. The molecule has 68 valence electrons. The molecule has 1 unspecified atom stereocenters. The summed E-state index contributed by atoms with van der Waals surface area (Å²) in [6.45, 7) is 2.57. The number of nitrogens with one attached hydrogen (secondary N) is 1. The summed E-state index contributed by atoms with van der Waals surface area (Å²) in [5.41, 5.74) is -0.481. The molecule has 0 amide bonds. The normalized spacial score (nSPS) is 23.4. The Morgan fingerprint density at radius 1 is 1.58 bits per heavy atom. The third kappa shape index (κ3) is 2.51. The van der Waals surface area contributed by atoms with Crippen LogP contribution in [0.3, 0.4) is 0 Å². The topological polar surface area (TPSA) is 32.3 Å². The summed E-state index contributed by atoms with van der Waals surface area (Å²) < 4.78 is 0. The Morgan fingerprint density at radius 3 is 2.67 bits per heavy atom. The third-order valence-electron chi connectivity index (χ3n) is 2.52. The summed E-state index contributed by atoms with van der Waals surface area (Å²) in [7, 11) is 0. The molecule has 0 aromatic heterocycles. The Morgan fingerprint density at radius 2 is 2.17 bits per heavy atom. The predicted octanol–water partition coefficient (Wildman–Crippen LogP) is 0.903. The SMILES string of the molecule is C#CC(C)NCC1(O)CCCC1. The van der Waals surface area contributed by atoms with Crippen molar-refractivity contribution in [1.82, 2.24) is 5.32 Å². The fourth-order valence-electron chi connectivity index (χ4n) is 1.61. The molecule has 1 fully saturated rings. The third-order valence-corrected chi connectivity index (χ3v) is 2.52. The lowest BCUT2D eigenvalue weighted by Gasteiger charge is -2.23. The maximum absolute atomic E-state index is 9.90. The first kappa shape index (κ1) is 9.57. The van der Waals surface area contributed by atoms with Gasteiger partial charge in [0, 0.05) is 6.54 Å². The minimum atomic E-state index is -0.481. The standard InChI is InChI=1S/C10H17NO/c1-3-9(2)11-8-10(12)6-4-5-7-10/h1,9,11-12H,4-8H2,2H3. The van der Waals surface area contributed by atoms with Crippen LogP contribution in [-0.4, -0.2) is 23.3 Å². The van der Waals surface area contributed by atoms with E-state index in [1.54, 1.807) is 0 Å². The van der Waals surface area contributed by atoms with E-state index in [0.717, 1.165) is 25.7 Å². The summed E-state index contributed by atoms with van der Waals surface area (Å²) >= 11 is 0. The largest absolute Gasteiger partial charge is 0.389 e. The second-order valence-corrected chi connectivity index (χ2v) is 3.70. The zero-order chi connectivity index (χ0) is 9.03. The van der Waals surface area contributed by atoms with Crippen LogP contribution >= 0.6 is 0 Å². The summed E-state index contributed by atoms with van der Waals surface area (Å²) in [6, 6.07) is 0.0645. The molecule has 0 saturated heterocycles. The lowest BCUT2D eigenvalue weighted by Crippen LogP contribution is -2.41. The summed E-state index contributed by atoms with van der Waals surface area (Å²) in [5, 5.41) is 13.0. The number of rotatable bonds is 3. The molecule has 2 N–H and O–H groups in total. The van der Waals surface area contributed by atoms with Gasteiger partial charge in [0.1, 0.15) is 0 Å². The van der Waals surface area contributed by atoms with E-state index >= 15 is 0 Å². The van der Waals surface area contributed by atoms with E-state index in [0.29, 0.717) is 6.54 Å². The van der Waals surface area contributed by atoms with Crippen LogP contribution in [0.25, 0.3) is 0 Å². The highest BCUT2D eigenvalue weighted by Gasteiger charge is 2.30. The monoisotopic (exact) mass is 167 g/mol. The lowest BCUT2D eigenvalue weighted by molar-refractivity contribution is 0.0468. The van der Waals surface area contributed by atoms with Crippen LogP contribution in [0.1, 0.15) is 32.6 Å². The molecular formula is C10H17NO. The highest BCUT2D eigenvalue weighted by molar-refractivity contribution is 4.97. The minimum absolute atomic E-state index is 0.0645. The molecule has 12 heavy (non-hydrogen) atoms. The number of hydrogen-bond donors (Lipinski definition) is 2. The molecule has 1 atom stereocenters. The number of hydrogen-bond acceptors (Lipinski definition) is 2. The maximum Gasteiger partial charge on any atom is 0.0772 e. The Kier molecular flexibility index (Phi) is 3.13. The molecule has 1 aliphatic carbocycles. The van der Waals surface area contributed by atoms with Gasteiger partial charge in [0.05, 0.1) is 11.6 Å². The second kappa shape index (κ2) is 3.93. The van der Waals surface area contributed by atoms with Gasteiger partial charge in [0.25, 0.3) is 0 Å². The van der Waals surface area contributed by atoms with E-state index in [2.05, 4.69) is 11.2 Å². The van der Waals surface area contributed by atoms with Gasteiger partial charge in [-0.15, -0.1) is 6.42 Å². The summed E-state index contributed by atoms with van der Waals surface area (Å²) in [5.74, 6) is 2.58. The lowest BCUT2D eigenvalue weighted by atomic mass is 10.0. The second-order valence-electron chi connectivity index (χ2n) is 3.70. The zero-order valence-electron chi connectivity index (χ0n) is 7.64. The van der Waals surface area contributed by atoms with Crippen molar-refractivity contribution in [2.45, 2.75) is 44.2 Å². The van der Waals surface area contributed by atoms with Gasteiger partial charge in [-0.25, -0.2) is 0 Å². The van der Waals surface area contributed by atoms with E-state index in [9.17, 15) is 5.11 Å². The van der Waals surface area contributed by atoms with Crippen LogP contribution in [-0.2, 0) is 0 Å². The van der Waals surface area contributed by atoms with E-state index in [4.69, 9.17) is 6.42 Å². The van der Waals surface area contributed by atoms with Crippen molar-refractivity contribution < 1.29 is 5.11 Å². The number of aliphatic hydroxyl groups is 1. The van der Waals surface area contributed by atoms with Crippen molar-refractivity contribution in [1.29, 1.82) is 0 Å². The van der Waals surface area contributed by atoms with E-state index in [1.165, 1.54) is 0 Å². The Hall–Kier alpha value is -0.520. The Bertz CT molecular complexity index is 177. The van der Waals surface area contributed by atoms with Gasteiger partial charge in [-0.1, -0.05) is 18.8 Å². The molecule has 0 aromatic carbocycles. The summed E-state index contributed by atoms with van der Waals surface area (Å²) in [4.78, 5) is 0. The van der Waals surface area contributed by atoms with Crippen LogP contribution in [0.2, 0.25) is 0 Å². The first-order valence-corrected chi connectivity index (χ1v) is 4.58. The van der Waals surface area contributed by atoms with Crippen molar-refractivity contribution in [3.05, 3.63) is 0 Å². The van der Waals surface area contributed by atoms with Crippen LogP contribution in [0.5, 0.6) is 0 Å². The summed E-state index contributed by atoms with van der Waals surface area (Å²) in [6.07, 6.45) is 9.32. The average molecular weight is 167 g/mol. The van der Waals surface area contributed by atoms with E-state index in [-0.39, 0.29) is 6.04 Å². The van der Waals surface area contributed by atoms with Gasteiger partial charge in [-0.05, 0) is 19.8 Å². The van der Waals surface area contributed by atoms with Crippen molar-refractivity contribution in [3.8, 4) is 12.3 Å². The van der Waals surface area contributed by atoms with Gasteiger partial charge in [-0.3, -0.25) is 0 Å². The molecule has 0 heterocycles. The highest BCUT2D eigenvalue weighted by atomic mass is 16.3. The fraction of sp³-hybridized carbons (Fsp3) is 0.800. The van der Waals surface area contributed by atoms with E-state index < -0.39 is 5.60 Å². The van der Waals surface area contributed by atoms with Gasteiger partial charge in [-0.2, -0.15) is 0 Å². The maximum atomic E-state index is 9.90. The van der Waals surface area contributed by atoms with Crippen molar-refractivity contribution in [2.75, 3.05) is 6.54 Å². The van der Waals surface area contributed by atoms with Crippen molar-refractivity contribution >= 4 is 0 Å². The molecule has 0 radical (unpaired) electrons. The van der Waals surface area contributed by atoms with Gasteiger partial charge in [0.15, 0.2) is 0 Å². The molecule has 0 bridgehead atoms. The van der Waals surface area contributed by atoms with Gasteiger partial charge >= 0.3 is 0 Å². The molecule has 0 aromatic rings. The van der Waals surface area contributed by atoms with Crippen LogP contribution in [0.4, 0.5) is 0 Å². The molecule has 0 aliphatic heterocycles. The molecular weight excluding hydrogens is 150 g/mol. The van der Waals surface area contributed by atoms with Crippen LogP contribution in [0, 0.1) is 12.3 Å². The van der Waals surface area contributed by atoms with Crippen LogP contribution < -0.4 is 5.32 Å². The smallest absolute Gasteiger partial charge is 0.0772 e. The van der Waals surface area contributed by atoms with Gasteiger partial charge < -0.3 is 10.4 Å². The zero-order valence-corrected chi connectivity index (χ0v) is 7.64. The molecule has 1 rings (SSSR count). The first-order valence-electron chi connectivity index (χ1n) is 4.58. The fourth-order valence-corrected chi connectivity index (χ4v) is 1.61. The molecule has 1 aliphatic rings. The molecule has 2 heteroatoms. The minimum Gasteiger partial charge on any atom is -0.389 e. The predicted molar refractivity (Wildman–Crippen MR) is 49.7 cm³/mol. The molecule has 0 spiro atoms.